The molecule has 0 spiro atoms. The molecule has 0 aliphatic carbocycles. The van der Waals surface area contributed by atoms with Crippen LogP contribution in [-0.2, 0) is 11.3 Å². The van der Waals surface area contributed by atoms with Crippen LogP contribution in [0.1, 0.15) is 5.56 Å². The number of benzene rings is 1. The first-order chi connectivity index (χ1) is 9.88. The van der Waals surface area contributed by atoms with Crippen LogP contribution >= 0.6 is 11.8 Å². The van der Waals surface area contributed by atoms with Gasteiger partial charge in [-0.1, -0.05) is 0 Å². The Morgan fingerprint density at radius 2 is 2.29 bits per heavy atom. The largest absolute Gasteiger partial charge is 0.480 e. The van der Waals surface area contributed by atoms with Gasteiger partial charge in [0.1, 0.15) is 12.4 Å². The molecule has 9 nitrogen and oxygen atoms in total. The molecule has 0 amide bonds. The third-order valence-electron chi connectivity index (χ3n) is 2.42. The Bertz CT molecular complexity index is 719. The number of nitrogens with zero attached hydrogens (tertiary/aromatic N) is 5. The number of rotatable bonds is 5. The fraction of sp³-hybridized carbons (Fsp3) is 0.200. The maximum Gasteiger partial charge on any atom is 0.325 e. The molecule has 1 heterocycles. The average Bonchev–Trinajstić information content (AvgIpc) is 2.79. The van der Waals surface area contributed by atoms with E-state index in [0.29, 0.717) is 0 Å². The fourth-order valence-electron chi connectivity index (χ4n) is 1.46. The van der Waals surface area contributed by atoms with E-state index in [1.54, 1.807) is 0 Å². The van der Waals surface area contributed by atoms with E-state index in [9.17, 15) is 19.3 Å². The summed E-state index contributed by atoms with van der Waals surface area (Å²) in [6, 6.07) is 2.10. The summed E-state index contributed by atoms with van der Waals surface area (Å²) >= 11 is 0.796. The quantitative estimate of drug-likeness (QED) is 0.646. The Balaban J connectivity index is 2.40. The summed E-state index contributed by atoms with van der Waals surface area (Å²) in [5.41, 5.74) is -0.215. The molecule has 2 rings (SSSR count). The van der Waals surface area contributed by atoms with E-state index < -0.39 is 28.9 Å². The summed E-state index contributed by atoms with van der Waals surface area (Å²) in [5.74, 6) is -1.86. The van der Waals surface area contributed by atoms with E-state index in [-0.39, 0.29) is 15.6 Å². The number of hydrogen-bond acceptors (Lipinski definition) is 7. The zero-order valence-corrected chi connectivity index (χ0v) is 11.4. The van der Waals surface area contributed by atoms with E-state index in [4.69, 9.17) is 5.11 Å². The maximum absolute atomic E-state index is 13.4. The molecular formula is C10H8FN5O4S. The highest BCUT2D eigenvalue weighted by atomic mass is 32.2. The molecule has 0 fully saturated rings. The standard InChI is InChI=1S/C10H8FN5O4S/c1-5-2-8(7(16(19)20)3-6(5)11)21-10-12-13-14-15(10)4-9(17)18/h2-3H,4H2,1H3,(H,17,18). The predicted molar refractivity (Wildman–Crippen MR) is 67.4 cm³/mol. The van der Waals surface area contributed by atoms with Crippen molar-refractivity contribution in [2.45, 2.75) is 23.5 Å². The van der Waals surface area contributed by atoms with E-state index in [1.165, 1.54) is 13.0 Å². The summed E-state index contributed by atoms with van der Waals surface area (Å²) in [4.78, 5) is 21.0. The summed E-state index contributed by atoms with van der Waals surface area (Å²) in [6.07, 6.45) is 0. The average molecular weight is 313 g/mol. The SMILES string of the molecule is Cc1cc(Sc2nnnn2CC(=O)O)c([N+](=O)[O-])cc1F. The van der Waals surface area contributed by atoms with Crippen LogP contribution in [-0.4, -0.2) is 36.2 Å². The van der Waals surface area contributed by atoms with Gasteiger partial charge in [-0.05, 0) is 40.7 Å². The Labute approximate surface area is 120 Å². The molecule has 11 heteroatoms. The molecule has 0 radical (unpaired) electrons. The van der Waals surface area contributed by atoms with Gasteiger partial charge in [0.2, 0.25) is 5.16 Å². The Morgan fingerprint density at radius 3 is 2.90 bits per heavy atom. The number of aliphatic carboxylic acids is 1. The summed E-state index contributed by atoms with van der Waals surface area (Å²) in [5, 5.41) is 30.1. The third-order valence-corrected chi connectivity index (χ3v) is 3.44. The lowest BCUT2D eigenvalue weighted by Gasteiger charge is -2.05. The minimum absolute atomic E-state index is 0.0616. The van der Waals surface area contributed by atoms with Crippen molar-refractivity contribution in [2.75, 3.05) is 0 Å². The summed E-state index contributed by atoms with van der Waals surface area (Å²) < 4.78 is 14.4. The van der Waals surface area contributed by atoms with Gasteiger partial charge in [-0.2, -0.15) is 0 Å². The molecule has 0 bridgehead atoms. The van der Waals surface area contributed by atoms with Gasteiger partial charge in [0.25, 0.3) is 5.69 Å². The molecule has 2 aromatic rings. The van der Waals surface area contributed by atoms with Crippen molar-refractivity contribution in [3.8, 4) is 0 Å². The number of carbonyl (C=O) groups is 1. The Hall–Kier alpha value is -2.56. The molecule has 0 aliphatic rings. The van der Waals surface area contributed by atoms with Crippen molar-refractivity contribution in [3.63, 3.8) is 0 Å². The second kappa shape index (κ2) is 5.83. The van der Waals surface area contributed by atoms with Gasteiger partial charge in [0.15, 0.2) is 0 Å². The monoisotopic (exact) mass is 313 g/mol. The lowest BCUT2D eigenvalue weighted by atomic mass is 10.2. The van der Waals surface area contributed by atoms with Crippen molar-refractivity contribution < 1.29 is 19.2 Å². The maximum atomic E-state index is 13.4. The van der Waals surface area contributed by atoms with E-state index >= 15 is 0 Å². The number of halogens is 1. The number of tetrazole rings is 1. The van der Waals surface area contributed by atoms with Gasteiger partial charge in [-0.25, -0.2) is 9.07 Å². The first-order valence-electron chi connectivity index (χ1n) is 5.49. The Kier molecular flexibility index (Phi) is 4.12. The number of aryl methyl sites for hydroxylation is 1. The fourth-order valence-corrected chi connectivity index (χ4v) is 2.42. The molecule has 0 saturated carbocycles. The second-order valence-corrected chi connectivity index (χ2v) is 4.95. The molecule has 0 saturated heterocycles. The number of carboxylic acid groups (broad SMARTS) is 1. The van der Waals surface area contributed by atoms with Crippen molar-refractivity contribution in [1.29, 1.82) is 0 Å². The van der Waals surface area contributed by atoms with Gasteiger partial charge in [0, 0.05) is 0 Å². The minimum Gasteiger partial charge on any atom is -0.480 e. The van der Waals surface area contributed by atoms with Crippen molar-refractivity contribution in [1.82, 2.24) is 20.2 Å². The number of nitro benzene ring substituents is 1. The van der Waals surface area contributed by atoms with Crippen LogP contribution in [0.25, 0.3) is 0 Å². The van der Waals surface area contributed by atoms with Crippen molar-refractivity contribution in [2.24, 2.45) is 0 Å². The second-order valence-electron chi connectivity index (χ2n) is 3.94. The lowest BCUT2D eigenvalue weighted by molar-refractivity contribution is -0.387. The van der Waals surface area contributed by atoms with Crippen LogP contribution < -0.4 is 0 Å². The van der Waals surface area contributed by atoms with Gasteiger partial charge in [-0.3, -0.25) is 14.9 Å². The van der Waals surface area contributed by atoms with Crippen LogP contribution in [0.15, 0.2) is 22.2 Å². The van der Waals surface area contributed by atoms with E-state index in [0.717, 1.165) is 22.5 Å². The zero-order chi connectivity index (χ0) is 15.6. The molecule has 1 aromatic carbocycles. The molecule has 21 heavy (non-hydrogen) atoms. The topological polar surface area (TPSA) is 124 Å². The normalized spacial score (nSPS) is 10.6. The first-order valence-corrected chi connectivity index (χ1v) is 6.30. The van der Waals surface area contributed by atoms with Gasteiger partial charge in [0.05, 0.1) is 15.9 Å². The minimum atomic E-state index is -1.16. The highest BCUT2D eigenvalue weighted by Gasteiger charge is 2.21. The molecule has 110 valence electrons. The smallest absolute Gasteiger partial charge is 0.325 e. The van der Waals surface area contributed by atoms with E-state index in [1.807, 2.05) is 0 Å². The third kappa shape index (κ3) is 3.31. The van der Waals surface area contributed by atoms with Gasteiger partial charge < -0.3 is 5.11 Å². The number of nitro groups is 1. The molecule has 1 N–H and O–H groups in total. The molecule has 1 aromatic heterocycles. The molecule has 0 atom stereocenters. The molecular weight excluding hydrogens is 305 g/mol. The van der Waals surface area contributed by atoms with Gasteiger partial charge in [-0.15, -0.1) is 5.10 Å². The van der Waals surface area contributed by atoms with Crippen LogP contribution in [0.3, 0.4) is 0 Å². The highest BCUT2D eigenvalue weighted by molar-refractivity contribution is 7.99. The van der Waals surface area contributed by atoms with E-state index in [2.05, 4.69) is 15.5 Å². The first kappa shape index (κ1) is 14.8. The number of aromatic nitrogens is 4. The van der Waals surface area contributed by atoms with Gasteiger partial charge >= 0.3 is 5.97 Å². The predicted octanol–water partition coefficient (Wildman–Crippen LogP) is 1.26. The highest BCUT2D eigenvalue weighted by Crippen LogP contribution is 2.35. The number of hydrogen-bond donors (Lipinski definition) is 1. The van der Waals surface area contributed by atoms with Crippen LogP contribution in [0.4, 0.5) is 10.1 Å². The molecule has 0 aliphatic heterocycles. The van der Waals surface area contributed by atoms with Crippen LogP contribution in [0.2, 0.25) is 0 Å². The van der Waals surface area contributed by atoms with Crippen molar-refractivity contribution >= 4 is 23.4 Å². The molecule has 0 unspecified atom stereocenters. The summed E-state index contributed by atoms with van der Waals surface area (Å²) in [6.45, 7) is 0.979. The number of carboxylic acids is 1. The van der Waals surface area contributed by atoms with Crippen LogP contribution in [0, 0.1) is 22.9 Å². The van der Waals surface area contributed by atoms with Crippen molar-refractivity contribution in [3.05, 3.63) is 33.6 Å². The summed E-state index contributed by atoms with van der Waals surface area (Å²) in [7, 11) is 0. The lowest BCUT2D eigenvalue weighted by Crippen LogP contribution is -2.11. The zero-order valence-electron chi connectivity index (χ0n) is 10.6. The van der Waals surface area contributed by atoms with Crippen LogP contribution in [0.5, 0.6) is 0 Å². The Morgan fingerprint density at radius 1 is 1.57 bits per heavy atom.